The molecule has 150 valence electrons. The molecular formula is C20H29NO6. The lowest BCUT2D eigenvalue weighted by atomic mass is 9.90. The summed E-state index contributed by atoms with van der Waals surface area (Å²) in [7, 11) is 3.23. The van der Waals surface area contributed by atoms with Crippen molar-refractivity contribution < 1.29 is 28.5 Å². The number of esters is 1. The van der Waals surface area contributed by atoms with Crippen molar-refractivity contribution >= 4 is 11.8 Å². The highest BCUT2D eigenvalue weighted by molar-refractivity contribution is 5.83. The highest BCUT2D eigenvalue weighted by Crippen LogP contribution is 2.38. The van der Waals surface area contributed by atoms with Crippen molar-refractivity contribution in [3.63, 3.8) is 0 Å². The molecule has 3 unspecified atom stereocenters. The van der Waals surface area contributed by atoms with E-state index >= 15 is 0 Å². The fraction of sp³-hybridized carbons (Fsp3) is 0.600. The zero-order valence-corrected chi connectivity index (χ0v) is 16.4. The van der Waals surface area contributed by atoms with E-state index in [1.165, 1.54) is 0 Å². The molecule has 1 aromatic carbocycles. The average Bonchev–Trinajstić information content (AvgIpc) is 3.11. The van der Waals surface area contributed by atoms with Crippen LogP contribution in [0.15, 0.2) is 18.2 Å². The molecule has 1 aromatic rings. The minimum Gasteiger partial charge on any atom is -0.493 e. The minimum absolute atomic E-state index is 0.0395. The molecule has 0 aromatic heterocycles. The zero-order valence-electron chi connectivity index (χ0n) is 16.4. The molecule has 1 heterocycles. The largest absolute Gasteiger partial charge is 0.493 e. The smallest absolute Gasteiger partial charge is 0.323 e. The highest BCUT2D eigenvalue weighted by atomic mass is 16.5. The number of carbonyl (C=O) groups excluding carboxylic acids is 2. The van der Waals surface area contributed by atoms with Gasteiger partial charge in [0.2, 0.25) is 0 Å². The summed E-state index contributed by atoms with van der Waals surface area (Å²) in [5, 5.41) is 3.25. The van der Waals surface area contributed by atoms with Gasteiger partial charge in [-0.1, -0.05) is 6.07 Å². The summed E-state index contributed by atoms with van der Waals surface area (Å²) in [5.74, 6) is 0.646. The SMILES string of the molecule is CCOC(=O)C1CC(C(C)=O)C(c2ccc(OC)c(OCCCOC)c2)N1. The monoisotopic (exact) mass is 379 g/mol. The molecule has 0 radical (unpaired) electrons. The van der Waals surface area contributed by atoms with Crippen molar-refractivity contribution in [3.8, 4) is 11.5 Å². The quantitative estimate of drug-likeness (QED) is 0.493. The molecule has 0 saturated carbocycles. The van der Waals surface area contributed by atoms with Gasteiger partial charge in [0.15, 0.2) is 11.5 Å². The number of nitrogens with one attached hydrogen (secondary N) is 1. The van der Waals surface area contributed by atoms with Crippen molar-refractivity contribution in [1.82, 2.24) is 5.32 Å². The minimum atomic E-state index is -0.489. The molecule has 7 nitrogen and oxygen atoms in total. The zero-order chi connectivity index (χ0) is 19.8. The molecule has 0 spiro atoms. The predicted molar refractivity (Wildman–Crippen MR) is 100 cm³/mol. The molecule has 1 fully saturated rings. The fourth-order valence-electron chi connectivity index (χ4n) is 3.31. The first-order valence-electron chi connectivity index (χ1n) is 9.24. The Hall–Kier alpha value is -2.12. The molecule has 2 rings (SSSR count). The Labute approximate surface area is 160 Å². The van der Waals surface area contributed by atoms with Crippen LogP contribution in [0.5, 0.6) is 11.5 Å². The summed E-state index contributed by atoms with van der Waals surface area (Å²) >= 11 is 0. The number of hydrogen-bond acceptors (Lipinski definition) is 7. The third kappa shape index (κ3) is 5.43. The van der Waals surface area contributed by atoms with Gasteiger partial charge in [-0.15, -0.1) is 0 Å². The highest BCUT2D eigenvalue weighted by Gasteiger charge is 2.41. The predicted octanol–water partition coefficient (Wildman–Crippen LogP) is 2.28. The van der Waals surface area contributed by atoms with Gasteiger partial charge in [-0.05, 0) is 38.0 Å². The molecule has 1 aliphatic heterocycles. The lowest BCUT2D eigenvalue weighted by Crippen LogP contribution is -2.33. The second kappa shape index (κ2) is 10.3. The maximum absolute atomic E-state index is 12.1. The van der Waals surface area contributed by atoms with Gasteiger partial charge in [0, 0.05) is 32.1 Å². The summed E-state index contributed by atoms with van der Waals surface area (Å²) in [6.45, 7) is 4.74. The van der Waals surface area contributed by atoms with Crippen LogP contribution in [0.3, 0.4) is 0 Å². The van der Waals surface area contributed by atoms with Crippen LogP contribution in [-0.4, -0.2) is 51.8 Å². The summed E-state index contributed by atoms with van der Waals surface area (Å²) in [6.07, 6.45) is 1.18. The number of Topliss-reactive ketones (excluding diaryl/α,β-unsaturated/α-hetero) is 1. The Kier molecular flexibility index (Phi) is 8.06. The van der Waals surface area contributed by atoms with Crippen molar-refractivity contribution in [2.45, 2.75) is 38.8 Å². The van der Waals surface area contributed by atoms with Gasteiger partial charge in [0.05, 0.1) is 20.3 Å². The third-order valence-electron chi connectivity index (χ3n) is 4.66. The first kappa shape index (κ1) is 21.2. The standard InChI is InChI=1S/C20H29NO6/c1-5-26-20(23)16-12-15(13(2)22)19(21-16)14-7-8-17(25-4)18(11-14)27-10-6-9-24-3/h7-8,11,15-16,19,21H,5-6,9-10,12H2,1-4H3. The second-order valence-electron chi connectivity index (χ2n) is 6.51. The van der Waals surface area contributed by atoms with Crippen molar-refractivity contribution in [2.24, 2.45) is 5.92 Å². The van der Waals surface area contributed by atoms with E-state index in [1.807, 2.05) is 18.2 Å². The van der Waals surface area contributed by atoms with Crippen molar-refractivity contribution in [1.29, 1.82) is 0 Å². The topological polar surface area (TPSA) is 83.1 Å². The van der Waals surface area contributed by atoms with Gasteiger partial charge in [-0.3, -0.25) is 14.9 Å². The van der Waals surface area contributed by atoms with E-state index in [2.05, 4.69) is 5.32 Å². The summed E-state index contributed by atoms with van der Waals surface area (Å²) in [6, 6.07) is 4.81. The van der Waals surface area contributed by atoms with E-state index in [9.17, 15) is 9.59 Å². The van der Waals surface area contributed by atoms with Crippen LogP contribution in [-0.2, 0) is 19.1 Å². The normalized spacial score (nSPS) is 21.7. The molecule has 0 aliphatic carbocycles. The average molecular weight is 379 g/mol. The van der Waals surface area contributed by atoms with Crippen LogP contribution in [0.2, 0.25) is 0 Å². The summed E-state index contributed by atoms with van der Waals surface area (Å²) < 4.78 is 21.3. The molecule has 27 heavy (non-hydrogen) atoms. The first-order chi connectivity index (χ1) is 13.0. The Bertz CT molecular complexity index is 647. The number of hydrogen-bond donors (Lipinski definition) is 1. The van der Waals surface area contributed by atoms with Gasteiger partial charge < -0.3 is 18.9 Å². The maximum Gasteiger partial charge on any atom is 0.323 e. The molecule has 1 saturated heterocycles. The number of methoxy groups -OCH3 is 2. The fourth-order valence-corrected chi connectivity index (χ4v) is 3.31. The van der Waals surface area contributed by atoms with Crippen LogP contribution < -0.4 is 14.8 Å². The second-order valence-corrected chi connectivity index (χ2v) is 6.51. The Morgan fingerprint density at radius 3 is 2.59 bits per heavy atom. The first-order valence-corrected chi connectivity index (χ1v) is 9.24. The van der Waals surface area contributed by atoms with Gasteiger partial charge >= 0.3 is 5.97 Å². The molecule has 0 bridgehead atoms. The van der Waals surface area contributed by atoms with Crippen LogP contribution in [0.25, 0.3) is 0 Å². The van der Waals surface area contributed by atoms with E-state index < -0.39 is 6.04 Å². The van der Waals surface area contributed by atoms with E-state index in [1.54, 1.807) is 28.1 Å². The van der Waals surface area contributed by atoms with Crippen molar-refractivity contribution in [3.05, 3.63) is 23.8 Å². The van der Waals surface area contributed by atoms with E-state index in [0.717, 1.165) is 12.0 Å². The summed E-state index contributed by atoms with van der Waals surface area (Å²) in [5.41, 5.74) is 0.879. The van der Waals surface area contributed by atoms with Crippen molar-refractivity contribution in [2.75, 3.05) is 34.0 Å². The number of carbonyl (C=O) groups is 2. The molecule has 0 amide bonds. The Morgan fingerprint density at radius 1 is 1.19 bits per heavy atom. The Morgan fingerprint density at radius 2 is 1.96 bits per heavy atom. The lowest BCUT2D eigenvalue weighted by Gasteiger charge is -2.20. The molecule has 3 atom stereocenters. The summed E-state index contributed by atoms with van der Waals surface area (Å²) in [4.78, 5) is 24.3. The van der Waals surface area contributed by atoms with Crippen LogP contribution in [0.4, 0.5) is 0 Å². The number of ketones is 1. The number of benzene rings is 1. The van der Waals surface area contributed by atoms with E-state index in [0.29, 0.717) is 37.7 Å². The molecular weight excluding hydrogens is 350 g/mol. The van der Waals surface area contributed by atoms with Gasteiger partial charge in [-0.25, -0.2) is 0 Å². The van der Waals surface area contributed by atoms with Gasteiger partial charge in [-0.2, -0.15) is 0 Å². The third-order valence-corrected chi connectivity index (χ3v) is 4.66. The van der Waals surface area contributed by atoms with E-state index in [4.69, 9.17) is 18.9 Å². The van der Waals surface area contributed by atoms with Gasteiger partial charge in [0.1, 0.15) is 11.8 Å². The van der Waals surface area contributed by atoms with Crippen LogP contribution in [0, 0.1) is 5.92 Å². The maximum atomic E-state index is 12.1. The molecule has 1 N–H and O–H groups in total. The number of rotatable bonds is 10. The van der Waals surface area contributed by atoms with Crippen LogP contribution in [0.1, 0.15) is 38.3 Å². The Balaban J connectivity index is 2.20. The molecule has 7 heteroatoms. The van der Waals surface area contributed by atoms with Crippen LogP contribution >= 0.6 is 0 Å². The van der Waals surface area contributed by atoms with E-state index in [-0.39, 0.29) is 23.7 Å². The van der Waals surface area contributed by atoms with Gasteiger partial charge in [0.25, 0.3) is 0 Å². The lowest BCUT2D eigenvalue weighted by molar-refractivity contribution is -0.145. The molecule has 1 aliphatic rings. The number of ether oxygens (including phenoxy) is 4.